The molecule has 2 saturated heterocycles. The number of rotatable bonds is 11. The van der Waals surface area contributed by atoms with E-state index < -0.39 is 6.29 Å². The summed E-state index contributed by atoms with van der Waals surface area (Å²) >= 11 is 0. The van der Waals surface area contributed by atoms with Crippen molar-refractivity contribution in [3.8, 4) is 11.1 Å². The minimum absolute atomic E-state index is 0.00838. The Bertz CT molecular complexity index is 1890. The molecule has 4 aromatic carbocycles. The number of amides is 3. The highest BCUT2D eigenvalue weighted by Crippen LogP contribution is 2.42. The second kappa shape index (κ2) is 18.2. The Morgan fingerprint density at radius 1 is 0.732 bits per heavy atom. The second-order valence-electron chi connectivity index (χ2n) is 16.8. The smallest absolute Gasteiger partial charge is 0.315 e. The van der Waals surface area contributed by atoms with E-state index in [0.717, 1.165) is 58.2 Å². The zero-order valence-corrected chi connectivity index (χ0v) is 33.1. The number of aliphatic hydroxyl groups excluding tert-OH is 1. The standard InChI is InChI=1S/C47H58N4O5/c1-47(2,3)50-44(53)42-25-24-36-13-7-8-15-41(36)51(42)30-40-27-43(37-18-16-33(31-52)17-19-37)56-45(55-40)38-22-20-35(21-23-38)39-14-9-12-34(26-39)29-49-46(54)48-28-32-10-5-4-6-11-32/h4-6,9-12,14,16-23,26,36,40-43,45,52H,7-8,13,15,24-25,27-31H2,1-3H3,(H,50,53)(H2,48,49,54)/t36-,40+,41-,42-,43-,45-/m1/s1. The summed E-state index contributed by atoms with van der Waals surface area (Å²) in [7, 11) is 0. The van der Waals surface area contributed by atoms with Crippen molar-refractivity contribution in [1.82, 2.24) is 20.9 Å². The van der Waals surface area contributed by atoms with Gasteiger partial charge in [0.15, 0.2) is 6.29 Å². The lowest BCUT2D eigenvalue weighted by Gasteiger charge is -2.50. The molecule has 4 N–H and O–H groups in total. The molecule has 0 spiro atoms. The molecule has 0 unspecified atom stereocenters. The number of ether oxygens (including phenoxy) is 2. The van der Waals surface area contributed by atoms with E-state index in [1.54, 1.807) is 0 Å². The number of piperidine rings is 1. The van der Waals surface area contributed by atoms with E-state index in [1.165, 1.54) is 19.3 Å². The first kappa shape index (κ1) is 39.7. The summed E-state index contributed by atoms with van der Waals surface area (Å²) in [4.78, 5) is 28.8. The number of urea groups is 1. The van der Waals surface area contributed by atoms with Crippen LogP contribution < -0.4 is 16.0 Å². The van der Waals surface area contributed by atoms with Crippen LogP contribution in [0.2, 0.25) is 0 Å². The van der Waals surface area contributed by atoms with Crippen LogP contribution in [0.5, 0.6) is 0 Å². The van der Waals surface area contributed by atoms with Crippen molar-refractivity contribution in [1.29, 1.82) is 0 Å². The lowest BCUT2D eigenvalue weighted by Crippen LogP contribution is -2.61. The molecule has 9 heteroatoms. The van der Waals surface area contributed by atoms with E-state index in [-0.39, 0.29) is 42.3 Å². The highest BCUT2D eigenvalue weighted by atomic mass is 16.7. The molecular weight excluding hydrogens is 701 g/mol. The van der Waals surface area contributed by atoms with Crippen molar-refractivity contribution in [2.45, 2.75) is 122 Å². The first-order valence-electron chi connectivity index (χ1n) is 20.4. The lowest BCUT2D eigenvalue weighted by molar-refractivity contribution is -0.255. The van der Waals surface area contributed by atoms with Gasteiger partial charge in [0.1, 0.15) is 0 Å². The molecule has 3 amide bonds. The number of aliphatic hydroxyl groups is 1. The maximum Gasteiger partial charge on any atom is 0.315 e. The maximum absolute atomic E-state index is 13.8. The number of hydrogen-bond donors (Lipinski definition) is 4. The number of fused-ring (bicyclic) bond motifs is 1. The van der Waals surface area contributed by atoms with Gasteiger partial charge >= 0.3 is 6.03 Å². The van der Waals surface area contributed by atoms with Crippen molar-refractivity contribution in [2.75, 3.05) is 6.54 Å². The molecule has 0 radical (unpaired) electrons. The van der Waals surface area contributed by atoms with Gasteiger partial charge < -0.3 is 30.5 Å². The average molecular weight is 759 g/mol. The number of carbonyl (C=O) groups is 2. The van der Waals surface area contributed by atoms with Crippen LogP contribution in [0.1, 0.15) is 106 Å². The largest absolute Gasteiger partial charge is 0.392 e. The molecule has 3 aliphatic rings. The van der Waals surface area contributed by atoms with Gasteiger partial charge in [-0.05, 0) is 91.8 Å². The van der Waals surface area contributed by atoms with Crippen LogP contribution in [0.15, 0.2) is 103 Å². The summed E-state index contributed by atoms with van der Waals surface area (Å²) in [5, 5.41) is 18.9. The highest BCUT2D eigenvalue weighted by molar-refractivity contribution is 5.82. The average Bonchev–Trinajstić information content (AvgIpc) is 3.22. The topological polar surface area (TPSA) is 112 Å². The third-order valence-corrected chi connectivity index (χ3v) is 11.5. The Labute approximate surface area is 332 Å². The molecular formula is C47H58N4O5. The first-order valence-corrected chi connectivity index (χ1v) is 20.4. The van der Waals surface area contributed by atoms with Crippen LogP contribution >= 0.6 is 0 Å². The van der Waals surface area contributed by atoms with Crippen molar-refractivity contribution < 1.29 is 24.2 Å². The number of nitrogens with one attached hydrogen (secondary N) is 3. The maximum atomic E-state index is 13.8. The molecule has 2 heterocycles. The van der Waals surface area contributed by atoms with Crippen molar-refractivity contribution in [3.05, 3.63) is 131 Å². The normalized spacial score (nSPS) is 24.1. The Kier molecular flexibility index (Phi) is 12.9. The number of likely N-dealkylation sites (tertiary alicyclic amines) is 1. The first-order chi connectivity index (χ1) is 27.1. The predicted octanol–water partition coefficient (Wildman–Crippen LogP) is 8.33. The molecule has 56 heavy (non-hydrogen) atoms. The molecule has 9 nitrogen and oxygen atoms in total. The fraction of sp³-hybridized carbons (Fsp3) is 0.447. The van der Waals surface area contributed by atoms with Gasteiger partial charge in [-0.25, -0.2) is 4.79 Å². The van der Waals surface area contributed by atoms with E-state index in [4.69, 9.17) is 9.47 Å². The number of nitrogens with zero attached hydrogens (tertiary/aromatic N) is 1. The van der Waals surface area contributed by atoms with Gasteiger partial charge in [0.2, 0.25) is 5.91 Å². The second-order valence-corrected chi connectivity index (χ2v) is 16.8. The van der Waals surface area contributed by atoms with E-state index in [9.17, 15) is 14.7 Å². The van der Waals surface area contributed by atoms with Crippen molar-refractivity contribution in [3.63, 3.8) is 0 Å². The summed E-state index contributed by atoms with van der Waals surface area (Å²) in [5.41, 5.74) is 6.70. The summed E-state index contributed by atoms with van der Waals surface area (Å²) in [6.45, 7) is 7.69. The van der Waals surface area contributed by atoms with Crippen LogP contribution in [0.4, 0.5) is 4.79 Å². The quantitative estimate of drug-likeness (QED) is 0.122. The monoisotopic (exact) mass is 758 g/mol. The van der Waals surface area contributed by atoms with E-state index >= 15 is 0 Å². The zero-order valence-electron chi connectivity index (χ0n) is 33.1. The minimum Gasteiger partial charge on any atom is -0.392 e. The molecule has 7 rings (SSSR count). The molecule has 4 aromatic rings. The molecule has 6 atom stereocenters. The van der Waals surface area contributed by atoms with Gasteiger partial charge in [-0.2, -0.15) is 0 Å². The molecule has 0 aromatic heterocycles. The van der Waals surface area contributed by atoms with Crippen LogP contribution in [0.25, 0.3) is 11.1 Å². The van der Waals surface area contributed by atoms with Gasteiger partial charge in [-0.15, -0.1) is 0 Å². The van der Waals surface area contributed by atoms with Crippen molar-refractivity contribution in [2.24, 2.45) is 5.92 Å². The van der Waals surface area contributed by atoms with Gasteiger partial charge in [-0.3, -0.25) is 9.69 Å². The fourth-order valence-electron chi connectivity index (χ4n) is 8.71. The molecule has 1 saturated carbocycles. The molecule has 3 fully saturated rings. The van der Waals surface area contributed by atoms with E-state index in [0.29, 0.717) is 38.0 Å². The highest BCUT2D eigenvalue weighted by Gasteiger charge is 2.44. The van der Waals surface area contributed by atoms with Gasteiger partial charge in [0.05, 0.1) is 24.9 Å². The predicted molar refractivity (Wildman–Crippen MR) is 219 cm³/mol. The van der Waals surface area contributed by atoms with Gasteiger partial charge in [0.25, 0.3) is 0 Å². The number of benzene rings is 4. The summed E-state index contributed by atoms with van der Waals surface area (Å²) in [5.74, 6) is 0.724. The minimum atomic E-state index is -0.593. The lowest BCUT2D eigenvalue weighted by atomic mass is 9.75. The third kappa shape index (κ3) is 10.2. The van der Waals surface area contributed by atoms with Crippen molar-refractivity contribution >= 4 is 11.9 Å². The summed E-state index contributed by atoms with van der Waals surface area (Å²) < 4.78 is 13.6. The van der Waals surface area contributed by atoms with Gasteiger partial charge in [-0.1, -0.05) is 110 Å². The molecule has 0 bridgehead atoms. The molecule has 2 aliphatic heterocycles. The Balaban J connectivity index is 1.07. The zero-order chi connectivity index (χ0) is 39.1. The van der Waals surface area contributed by atoms with E-state index in [2.05, 4.69) is 78.0 Å². The Hall–Kier alpha value is -4.54. The van der Waals surface area contributed by atoms with E-state index in [1.807, 2.05) is 66.7 Å². The molecule has 296 valence electrons. The SMILES string of the molecule is CC(C)(C)NC(=O)[C@H]1CC[C@H]2CCCC[C@H]2N1C[C@@H]1C[C@H](c2ccc(CO)cc2)O[C@H](c2ccc(-c3cccc(CNC(=O)NCc4ccccc4)c3)cc2)O1. The van der Waals surface area contributed by atoms with Crippen LogP contribution in [-0.2, 0) is 34.0 Å². The number of hydrogen-bond acceptors (Lipinski definition) is 6. The fourth-order valence-corrected chi connectivity index (χ4v) is 8.71. The van der Waals surface area contributed by atoms with Crippen LogP contribution in [-0.4, -0.2) is 52.2 Å². The number of carbonyl (C=O) groups excluding carboxylic acids is 2. The van der Waals surface area contributed by atoms with Crippen LogP contribution in [0, 0.1) is 5.92 Å². The third-order valence-electron chi connectivity index (χ3n) is 11.5. The Morgan fingerprint density at radius 2 is 1.43 bits per heavy atom. The van der Waals surface area contributed by atoms with Crippen LogP contribution in [0.3, 0.4) is 0 Å². The van der Waals surface area contributed by atoms with Gasteiger partial charge in [0, 0.05) is 43.2 Å². The molecule has 1 aliphatic carbocycles. The summed E-state index contributed by atoms with van der Waals surface area (Å²) in [6.07, 6.45) is 6.45. The Morgan fingerprint density at radius 3 is 2.16 bits per heavy atom. The summed E-state index contributed by atoms with van der Waals surface area (Å²) in [6, 6.07) is 34.4.